The van der Waals surface area contributed by atoms with Gasteiger partial charge in [0.05, 0.1) is 17.6 Å². The smallest absolute Gasteiger partial charge is 0.337 e. The molecule has 1 heterocycles. The summed E-state index contributed by atoms with van der Waals surface area (Å²) in [5.41, 5.74) is 0.733. The first-order chi connectivity index (χ1) is 14.3. The second kappa shape index (κ2) is 9.46. The molecule has 0 spiro atoms. The zero-order valence-electron chi connectivity index (χ0n) is 16.4. The number of carbonyl (C=O) groups excluding carboxylic acids is 2. The molecule has 0 aliphatic carbocycles. The molecule has 0 unspecified atom stereocenters. The minimum Gasteiger partial charge on any atom is -0.465 e. The second-order valence-corrected chi connectivity index (χ2v) is 9.08. The molecule has 0 aromatic heterocycles. The van der Waals surface area contributed by atoms with E-state index in [0.29, 0.717) is 23.7 Å². The van der Waals surface area contributed by atoms with E-state index in [4.69, 9.17) is 11.6 Å². The van der Waals surface area contributed by atoms with E-state index in [1.165, 1.54) is 35.7 Å². The van der Waals surface area contributed by atoms with Crippen LogP contribution in [0.5, 0.6) is 0 Å². The molecule has 30 heavy (non-hydrogen) atoms. The van der Waals surface area contributed by atoms with Crippen molar-refractivity contribution in [3.8, 4) is 0 Å². The number of sulfonamides is 1. The maximum absolute atomic E-state index is 13.0. The van der Waals surface area contributed by atoms with Crippen molar-refractivity contribution in [2.24, 2.45) is 0 Å². The van der Waals surface area contributed by atoms with Crippen molar-refractivity contribution in [2.45, 2.75) is 11.3 Å². The molecule has 0 radical (unpaired) electrons. The summed E-state index contributed by atoms with van der Waals surface area (Å²) in [4.78, 5) is 25.9. The Labute approximate surface area is 180 Å². The number of urea groups is 1. The molecule has 10 heteroatoms. The second-order valence-electron chi connectivity index (χ2n) is 6.70. The lowest BCUT2D eigenvalue weighted by atomic mass is 10.2. The van der Waals surface area contributed by atoms with Crippen LogP contribution in [-0.2, 0) is 14.8 Å². The number of nitrogens with one attached hydrogen (secondary N) is 1. The third-order valence-corrected chi connectivity index (χ3v) is 6.84. The van der Waals surface area contributed by atoms with Gasteiger partial charge in [-0.2, -0.15) is 4.31 Å². The predicted molar refractivity (Wildman–Crippen MR) is 113 cm³/mol. The number of esters is 1. The Balaban J connectivity index is 1.69. The van der Waals surface area contributed by atoms with Gasteiger partial charge in [-0.05, 0) is 42.8 Å². The lowest BCUT2D eigenvalue weighted by Gasteiger charge is -2.22. The lowest BCUT2D eigenvalue weighted by molar-refractivity contribution is 0.0600. The molecule has 1 saturated heterocycles. The van der Waals surface area contributed by atoms with E-state index in [2.05, 4.69) is 10.1 Å². The van der Waals surface area contributed by atoms with E-state index < -0.39 is 16.0 Å². The van der Waals surface area contributed by atoms with E-state index in [-0.39, 0.29) is 36.1 Å². The molecular weight excluding hydrogens is 430 g/mol. The van der Waals surface area contributed by atoms with Crippen molar-refractivity contribution in [3.05, 3.63) is 59.1 Å². The fourth-order valence-corrected chi connectivity index (χ4v) is 4.86. The summed E-state index contributed by atoms with van der Waals surface area (Å²) in [6.07, 6.45) is 0.485. The van der Waals surface area contributed by atoms with Gasteiger partial charge in [0.25, 0.3) is 0 Å². The van der Waals surface area contributed by atoms with E-state index in [9.17, 15) is 18.0 Å². The Morgan fingerprint density at radius 3 is 2.53 bits per heavy atom. The van der Waals surface area contributed by atoms with E-state index >= 15 is 0 Å². The average molecular weight is 452 g/mol. The Morgan fingerprint density at radius 2 is 1.80 bits per heavy atom. The molecule has 1 N–H and O–H groups in total. The van der Waals surface area contributed by atoms with Crippen molar-refractivity contribution in [1.82, 2.24) is 9.21 Å². The van der Waals surface area contributed by atoms with Crippen LogP contribution >= 0.6 is 11.6 Å². The van der Waals surface area contributed by atoms with Crippen LogP contribution in [0, 0.1) is 0 Å². The van der Waals surface area contributed by atoms with Gasteiger partial charge >= 0.3 is 12.0 Å². The van der Waals surface area contributed by atoms with E-state index in [1.807, 2.05) is 0 Å². The van der Waals surface area contributed by atoms with Crippen LogP contribution < -0.4 is 5.32 Å². The van der Waals surface area contributed by atoms with Gasteiger partial charge in [0.2, 0.25) is 10.0 Å². The summed E-state index contributed by atoms with van der Waals surface area (Å²) >= 11 is 5.94. The van der Waals surface area contributed by atoms with Crippen LogP contribution in [0.25, 0.3) is 0 Å². The summed E-state index contributed by atoms with van der Waals surface area (Å²) in [5.74, 6) is -0.605. The summed E-state index contributed by atoms with van der Waals surface area (Å²) in [5, 5.41) is 3.28. The molecule has 2 aromatic rings. The zero-order chi connectivity index (χ0) is 21.7. The molecule has 1 aliphatic rings. The fraction of sp³-hybridized carbons (Fsp3) is 0.300. The Bertz CT molecular complexity index is 1040. The minimum absolute atomic E-state index is 0.0160. The topological polar surface area (TPSA) is 96.0 Å². The Morgan fingerprint density at radius 1 is 1.03 bits per heavy atom. The first-order valence-electron chi connectivity index (χ1n) is 9.31. The van der Waals surface area contributed by atoms with Crippen molar-refractivity contribution in [3.63, 3.8) is 0 Å². The summed E-state index contributed by atoms with van der Waals surface area (Å²) < 4.78 is 32.1. The highest BCUT2D eigenvalue weighted by atomic mass is 35.5. The van der Waals surface area contributed by atoms with Crippen LogP contribution in [-0.4, -0.2) is 62.9 Å². The molecule has 1 fully saturated rings. The first-order valence-corrected chi connectivity index (χ1v) is 11.1. The molecule has 8 nitrogen and oxygen atoms in total. The Hall–Kier alpha value is -2.62. The van der Waals surface area contributed by atoms with Gasteiger partial charge in [-0.25, -0.2) is 18.0 Å². The largest absolute Gasteiger partial charge is 0.465 e. The molecule has 0 bridgehead atoms. The standard InChI is InChI=1S/C20H22ClN3O5S/c1-29-19(25)15-5-2-8-18(13-15)30(27,28)24-10-4-9-23(11-12-24)20(26)22-17-7-3-6-16(21)14-17/h2-3,5-8,13-14H,4,9-12H2,1H3,(H,22,26). The van der Waals surface area contributed by atoms with Crippen molar-refractivity contribution >= 4 is 39.3 Å². The van der Waals surface area contributed by atoms with Crippen LogP contribution in [0.3, 0.4) is 0 Å². The van der Waals surface area contributed by atoms with Crippen molar-refractivity contribution in [1.29, 1.82) is 0 Å². The maximum atomic E-state index is 13.0. The SMILES string of the molecule is COC(=O)c1cccc(S(=O)(=O)N2CCCN(C(=O)Nc3cccc(Cl)c3)CC2)c1. The van der Waals surface area contributed by atoms with Gasteiger partial charge in [-0.3, -0.25) is 0 Å². The number of hydrogen-bond acceptors (Lipinski definition) is 5. The highest BCUT2D eigenvalue weighted by molar-refractivity contribution is 7.89. The number of halogens is 1. The molecule has 0 saturated carbocycles. The Kier molecular flexibility index (Phi) is 6.96. The molecule has 3 rings (SSSR count). The van der Waals surface area contributed by atoms with Crippen molar-refractivity contribution < 1.29 is 22.7 Å². The molecular formula is C20H22ClN3O5S. The maximum Gasteiger partial charge on any atom is 0.337 e. The number of rotatable bonds is 4. The van der Waals surface area contributed by atoms with Crippen molar-refractivity contribution in [2.75, 3.05) is 38.6 Å². The number of carbonyl (C=O) groups is 2. The average Bonchev–Trinajstić information content (AvgIpc) is 3.00. The summed E-state index contributed by atoms with van der Waals surface area (Å²) in [6, 6.07) is 12.2. The molecule has 160 valence electrons. The third kappa shape index (κ3) is 5.10. The number of nitrogens with zero attached hydrogens (tertiary/aromatic N) is 2. The normalized spacial score (nSPS) is 15.3. The van der Waals surface area contributed by atoms with E-state index in [0.717, 1.165) is 0 Å². The molecule has 1 aliphatic heterocycles. The minimum atomic E-state index is -3.81. The third-order valence-electron chi connectivity index (χ3n) is 4.71. The number of anilines is 1. The molecule has 2 amide bonds. The van der Waals surface area contributed by atoms with E-state index in [1.54, 1.807) is 29.2 Å². The zero-order valence-corrected chi connectivity index (χ0v) is 17.9. The number of benzene rings is 2. The highest BCUT2D eigenvalue weighted by Crippen LogP contribution is 2.20. The molecule has 2 aromatic carbocycles. The number of methoxy groups -OCH3 is 1. The summed E-state index contributed by atoms with van der Waals surface area (Å²) in [6.45, 7) is 1.07. The molecule has 0 atom stereocenters. The van der Waals surface area contributed by atoms with Gasteiger partial charge in [0.1, 0.15) is 0 Å². The lowest BCUT2D eigenvalue weighted by Crippen LogP contribution is -2.39. The predicted octanol–water partition coefficient (Wildman–Crippen LogP) is 3.06. The van der Waals surface area contributed by atoms with Crippen LogP contribution in [0.2, 0.25) is 5.02 Å². The fourth-order valence-electron chi connectivity index (χ4n) is 3.16. The summed E-state index contributed by atoms with van der Waals surface area (Å²) in [7, 11) is -2.58. The number of ether oxygens (including phenoxy) is 1. The monoisotopic (exact) mass is 451 g/mol. The number of hydrogen-bond donors (Lipinski definition) is 1. The van der Waals surface area contributed by atoms with Gasteiger partial charge in [-0.1, -0.05) is 23.7 Å². The quantitative estimate of drug-likeness (QED) is 0.721. The number of amides is 2. The van der Waals surface area contributed by atoms with Crippen LogP contribution in [0.1, 0.15) is 16.8 Å². The first kappa shape index (κ1) is 22.1. The van der Waals surface area contributed by atoms with Gasteiger partial charge in [0, 0.05) is 36.9 Å². The van der Waals surface area contributed by atoms with Gasteiger partial charge in [0.15, 0.2) is 0 Å². The van der Waals surface area contributed by atoms with Gasteiger partial charge in [-0.15, -0.1) is 0 Å². The van der Waals surface area contributed by atoms with Crippen LogP contribution in [0.15, 0.2) is 53.4 Å². The highest BCUT2D eigenvalue weighted by Gasteiger charge is 2.29. The van der Waals surface area contributed by atoms with Gasteiger partial charge < -0.3 is 15.0 Å². The van der Waals surface area contributed by atoms with Crippen LogP contribution in [0.4, 0.5) is 10.5 Å².